The number of benzene rings is 2. The first kappa shape index (κ1) is 21.4. The summed E-state index contributed by atoms with van der Waals surface area (Å²) in [5.41, 5.74) is 0.651. The van der Waals surface area contributed by atoms with Gasteiger partial charge in [0.25, 0.3) is 5.91 Å². The van der Waals surface area contributed by atoms with Crippen molar-refractivity contribution < 1.29 is 9.53 Å². The highest BCUT2D eigenvalue weighted by atomic mass is 16.5. The Morgan fingerprint density at radius 2 is 1.50 bits per heavy atom. The Balaban J connectivity index is 1.17. The summed E-state index contributed by atoms with van der Waals surface area (Å²) < 4.78 is 5.82. The van der Waals surface area contributed by atoms with Crippen LogP contribution < -0.4 is 15.0 Å². The number of carbonyl (C=O) groups excluding carboxylic acids is 1. The predicted molar refractivity (Wildman–Crippen MR) is 131 cm³/mol. The number of ether oxygens (including phenoxy) is 1. The van der Waals surface area contributed by atoms with Gasteiger partial charge in [-0.3, -0.25) is 4.79 Å². The Labute approximate surface area is 197 Å². The van der Waals surface area contributed by atoms with Gasteiger partial charge in [0.05, 0.1) is 0 Å². The Bertz CT molecular complexity index is 1230. The minimum atomic E-state index is 0.0195. The van der Waals surface area contributed by atoms with E-state index >= 15 is 0 Å². The maximum Gasteiger partial charge on any atom is 0.253 e. The Morgan fingerprint density at radius 3 is 2.24 bits per heavy atom. The zero-order valence-electron chi connectivity index (χ0n) is 18.5. The first-order valence-electron chi connectivity index (χ1n) is 11.1. The summed E-state index contributed by atoms with van der Waals surface area (Å²) in [7, 11) is 0. The highest BCUT2D eigenvalue weighted by molar-refractivity contribution is 5.94. The molecule has 4 aromatic rings. The second kappa shape index (κ2) is 9.99. The monoisotopic (exact) mass is 452 g/mol. The summed E-state index contributed by atoms with van der Waals surface area (Å²) in [4.78, 5) is 30.0. The van der Waals surface area contributed by atoms with Crippen LogP contribution in [0.25, 0.3) is 0 Å². The lowest BCUT2D eigenvalue weighted by molar-refractivity contribution is 0.0746. The van der Waals surface area contributed by atoms with Crippen molar-refractivity contribution >= 4 is 23.4 Å². The molecule has 3 heterocycles. The van der Waals surface area contributed by atoms with Crippen molar-refractivity contribution in [3.8, 4) is 11.5 Å². The number of para-hydroxylation sites is 1. The fourth-order valence-corrected chi connectivity index (χ4v) is 3.77. The number of rotatable bonds is 6. The zero-order valence-corrected chi connectivity index (χ0v) is 18.5. The summed E-state index contributed by atoms with van der Waals surface area (Å²) >= 11 is 0. The lowest BCUT2D eigenvalue weighted by Crippen LogP contribution is -2.49. The van der Waals surface area contributed by atoms with Gasteiger partial charge in [0, 0.05) is 44.0 Å². The van der Waals surface area contributed by atoms with Crippen LogP contribution >= 0.6 is 0 Å². The summed E-state index contributed by atoms with van der Waals surface area (Å²) in [6, 6.07) is 24.4. The van der Waals surface area contributed by atoms with Gasteiger partial charge in [-0.2, -0.15) is 0 Å². The Hall–Kier alpha value is -4.46. The summed E-state index contributed by atoms with van der Waals surface area (Å²) in [5, 5.41) is 3.19. The van der Waals surface area contributed by atoms with E-state index in [-0.39, 0.29) is 5.91 Å². The normalized spacial score (nSPS) is 13.4. The lowest BCUT2D eigenvalue weighted by Gasteiger charge is -2.35. The highest BCUT2D eigenvalue weighted by Gasteiger charge is 2.23. The third-order valence-electron chi connectivity index (χ3n) is 5.54. The minimum Gasteiger partial charge on any atom is -0.457 e. The zero-order chi connectivity index (χ0) is 23.2. The van der Waals surface area contributed by atoms with Gasteiger partial charge >= 0.3 is 0 Å². The van der Waals surface area contributed by atoms with Gasteiger partial charge in [-0.05, 0) is 48.5 Å². The quantitative estimate of drug-likeness (QED) is 0.465. The molecule has 0 spiro atoms. The fraction of sp³-hybridized carbons (Fsp3) is 0.154. The molecule has 1 aliphatic heterocycles. The molecule has 2 aromatic heterocycles. The number of carbonyl (C=O) groups is 1. The van der Waals surface area contributed by atoms with Gasteiger partial charge in [-0.15, -0.1) is 0 Å². The number of amides is 1. The van der Waals surface area contributed by atoms with E-state index < -0.39 is 0 Å². The van der Waals surface area contributed by atoms with Crippen LogP contribution in [0.3, 0.4) is 0 Å². The third-order valence-corrected chi connectivity index (χ3v) is 5.54. The molecule has 0 radical (unpaired) electrons. The molecule has 0 bridgehead atoms. The summed E-state index contributed by atoms with van der Waals surface area (Å²) in [6.07, 6.45) is 3.27. The van der Waals surface area contributed by atoms with Crippen molar-refractivity contribution in [2.24, 2.45) is 0 Å². The van der Waals surface area contributed by atoms with E-state index in [1.807, 2.05) is 83.8 Å². The second-order valence-corrected chi connectivity index (χ2v) is 7.82. The smallest absolute Gasteiger partial charge is 0.253 e. The molecule has 1 amide bonds. The molecule has 1 fully saturated rings. The largest absolute Gasteiger partial charge is 0.457 e. The van der Waals surface area contributed by atoms with E-state index in [4.69, 9.17) is 4.74 Å². The first-order chi connectivity index (χ1) is 16.7. The van der Waals surface area contributed by atoms with Crippen LogP contribution in [0.4, 0.5) is 17.5 Å². The summed E-state index contributed by atoms with van der Waals surface area (Å²) in [5.74, 6) is 3.71. The molecule has 5 rings (SSSR count). The Kier molecular flexibility index (Phi) is 6.29. The number of hydrogen-bond donors (Lipinski definition) is 1. The van der Waals surface area contributed by atoms with Crippen LogP contribution in [0, 0.1) is 0 Å². The van der Waals surface area contributed by atoms with E-state index in [0.717, 1.165) is 17.4 Å². The van der Waals surface area contributed by atoms with Crippen LogP contribution in [-0.2, 0) is 0 Å². The molecule has 0 atom stereocenters. The number of hydrogen-bond acceptors (Lipinski definition) is 7. The molecule has 170 valence electrons. The number of nitrogens with zero attached hydrogens (tertiary/aromatic N) is 5. The number of piperazine rings is 1. The standard InChI is InChI=1S/C26H24N6O2/c33-26(20-9-11-22(12-10-20)34-21-6-2-1-3-7-21)32-16-14-31(15-17-32)25-18-24(28-19-29-25)30-23-8-4-5-13-27-23/h1-13,18-19H,14-17H2,(H,27,28,29,30). The van der Waals surface area contributed by atoms with Crippen LogP contribution in [0.2, 0.25) is 0 Å². The SMILES string of the molecule is O=C(c1ccc(Oc2ccccc2)cc1)N1CCN(c2cc(Nc3ccccn3)ncn2)CC1. The third kappa shape index (κ3) is 5.12. The maximum absolute atomic E-state index is 13.0. The van der Waals surface area contributed by atoms with Crippen LogP contribution in [-0.4, -0.2) is 51.9 Å². The number of nitrogens with one attached hydrogen (secondary N) is 1. The van der Waals surface area contributed by atoms with Crippen molar-refractivity contribution in [2.75, 3.05) is 36.4 Å². The van der Waals surface area contributed by atoms with Gasteiger partial charge in [0.1, 0.15) is 35.3 Å². The molecule has 1 saturated heterocycles. The van der Waals surface area contributed by atoms with E-state index in [1.165, 1.54) is 6.33 Å². The Morgan fingerprint density at radius 1 is 0.765 bits per heavy atom. The van der Waals surface area contributed by atoms with Gasteiger partial charge in [-0.1, -0.05) is 24.3 Å². The number of anilines is 3. The van der Waals surface area contributed by atoms with E-state index in [1.54, 1.807) is 6.20 Å². The van der Waals surface area contributed by atoms with Crippen molar-refractivity contribution in [1.82, 2.24) is 19.9 Å². The average Bonchev–Trinajstić information content (AvgIpc) is 2.90. The molecule has 0 unspecified atom stereocenters. The van der Waals surface area contributed by atoms with E-state index in [2.05, 4.69) is 25.2 Å². The molecular weight excluding hydrogens is 428 g/mol. The molecule has 8 heteroatoms. The molecule has 0 saturated carbocycles. The van der Waals surface area contributed by atoms with Crippen LogP contribution in [0.1, 0.15) is 10.4 Å². The van der Waals surface area contributed by atoms with Crippen LogP contribution in [0.5, 0.6) is 11.5 Å². The number of pyridine rings is 1. The molecule has 0 aliphatic carbocycles. The highest BCUT2D eigenvalue weighted by Crippen LogP contribution is 2.23. The molecular formula is C26H24N6O2. The molecule has 1 N–H and O–H groups in total. The minimum absolute atomic E-state index is 0.0195. The van der Waals surface area contributed by atoms with Crippen molar-refractivity contribution in [2.45, 2.75) is 0 Å². The average molecular weight is 453 g/mol. The van der Waals surface area contributed by atoms with Crippen molar-refractivity contribution in [1.29, 1.82) is 0 Å². The molecule has 34 heavy (non-hydrogen) atoms. The molecule has 8 nitrogen and oxygen atoms in total. The predicted octanol–water partition coefficient (Wildman–Crippen LogP) is 4.37. The molecule has 1 aliphatic rings. The topological polar surface area (TPSA) is 83.5 Å². The first-order valence-corrected chi connectivity index (χ1v) is 11.1. The molecule has 2 aromatic carbocycles. The van der Waals surface area contributed by atoms with Crippen molar-refractivity contribution in [3.63, 3.8) is 0 Å². The fourth-order valence-electron chi connectivity index (χ4n) is 3.77. The van der Waals surface area contributed by atoms with Gasteiger partial charge in [0.2, 0.25) is 0 Å². The van der Waals surface area contributed by atoms with Gasteiger partial charge < -0.3 is 19.9 Å². The second-order valence-electron chi connectivity index (χ2n) is 7.82. The van der Waals surface area contributed by atoms with E-state index in [0.29, 0.717) is 43.3 Å². The van der Waals surface area contributed by atoms with Gasteiger partial charge in [-0.25, -0.2) is 15.0 Å². The maximum atomic E-state index is 13.0. The van der Waals surface area contributed by atoms with Crippen LogP contribution in [0.15, 0.2) is 91.4 Å². The van der Waals surface area contributed by atoms with Crippen molar-refractivity contribution in [3.05, 3.63) is 97.0 Å². The number of aromatic nitrogens is 3. The lowest BCUT2D eigenvalue weighted by atomic mass is 10.1. The summed E-state index contributed by atoms with van der Waals surface area (Å²) in [6.45, 7) is 2.63. The van der Waals surface area contributed by atoms with E-state index in [9.17, 15) is 4.79 Å². The van der Waals surface area contributed by atoms with Gasteiger partial charge in [0.15, 0.2) is 0 Å².